The highest BCUT2D eigenvalue weighted by Gasteiger charge is 2.40. The van der Waals surface area contributed by atoms with Gasteiger partial charge in [0.15, 0.2) is 0 Å². The van der Waals surface area contributed by atoms with Crippen molar-refractivity contribution in [1.82, 2.24) is 5.32 Å². The normalized spacial score (nSPS) is 31.1. The maximum Gasteiger partial charge on any atom is 0.0627 e. The average Bonchev–Trinajstić information content (AvgIpc) is 2.55. The zero-order valence-corrected chi connectivity index (χ0v) is 14.7. The Bertz CT molecular complexity index is 599. The summed E-state index contributed by atoms with van der Waals surface area (Å²) in [7, 11) is 0. The summed E-state index contributed by atoms with van der Waals surface area (Å²) < 4.78 is 0. The Morgan fingerprint density at radius 3 is 1.43 bits per heavy atom. The van der Waals surface area contributed by atoms with Gasteiger partial charge in [-0.05, 0) is 35.4 Å². The van der Waals surface area contributed by atoms with E-state index in [4.69, 9.17) is 23.2 Å². The summed E-state index contributed by atoms with van der Waals surface area (Å²) in [6.07, 6.45) is -0.377. The Morgan fingerprint density at radius 2 is 1.09 bits per heavy atom. The molecule has 0 aromatic heterocycles. The lowest BCUT2D eigenvalue weighted by molar-refractivity contribution is -0.00676. The molecule has 2 N–H and O–H groups in total. The molecular formula is C19H21Cl2NO. The Labute approximate surface area is 147 Å². The van der Waals surface area contributed by atoms with Crippen LogP contribution in [-0.4, -0.2) is 11.2 Å². The lowest BCUT2D eigenvalue weighted by Gasteiger charge is -2.44. The lowest BCUT2D eigenvalue weighted by atomic mass is 9.75. The highest BCUT2D eigenvalue weighted by atomic mass is 35.5. The van der Waals surface area contributed by atoms with Gasteiger partial charge in [-0.15, -0.1) is 0 Å². The fourth-order valence-electron chi connectivity index (χ4n) is 3.51. The van der Waals surface area contributed by atoms with E-state index < -0.39 is 0 Å². The van der Waals surface area contributed by atoms with Crippen LogP contribution in [0.25, 0.3) is 0 Å². The fourth-order valence-corrected chi connectivity index (χ4v) is 3.76. The van der Waals surface area contributed by atoms with Gasteiger partial charge in [-0.2, -0.15) is 0 Å². The number of aliphatic hydroxyl groups is 1. The third-order valence-corrected chi connectivity index (χ3v) is 5.45. The molecule has 0 saturated carbocycles. The smallest absolute Gasteiger partial charge is 0.0627 e. The van der Waals surface area contributed by atoms with Gasteiger partial charge in [0.2, 0.25) is 0 Å². The quantitative estimate of drug-likeness (QED) is 0.798. The molecule has 1 aliphatic heterocycles. The number of halogens is 2. The van der Waals surface area contributed by atoms with Gasteiger partial charge in [-0.25, -0.2) is 0 Å². The van der Waals surface area contributed by atoms with E-state index in [-0.39, 0.29) is 30.0 Å². The van der Waals surface area contributed by atoms with Crippen LogP contribution < -0.4 is 5.32 Å². The summed E-state index contributed by atoms with van der Waals surface area (Å²) in [5, 5.41) is 15.9. The average molecular weight is 350 g/mol. The molecule has 0 amide bonds. The highest BCUT2D eigenvalue weighted by molar-refractivity contribution is 6.30. The Hall–Kier alpha value is -1.06. The number of rotatable bonds is 2. The molecule has 2 aromatic rings. The van der Waals surface area contributed by atoms with Crippen molar-refractivity contribution >= 4 is 23.2 Å². The van der Waals surface area contributed by atoms with Gasteiger partial charge in [-0.3, -0.25) is 0 Å². The van der Waals surface area contributed by atoms with Crippen LogP contribution in [0.2, 0.25) is 10.0 Å². The second kappa shape index (κ2) is 6.82. The van der Waals surface area contributed by atoms with E-state index in [2.05, 4.69) is 19.2 Å². The molecule has 3 rings (SSSR count). The van der Waals surface area contributed by atoms with Gasteiger partial charge in [0, 0.05) is 34.0 Å². The van der Waals surface area contributed by atoms with Gasteiger partial charge in [0.1, 0.15) is 0 Å². The van der Waals surface area contributed by atoms with Crippen molar-refractivity contribution in [3.05, 3.63) is 69.7 Å². The van der Waals surface area contributed by atoms with Crippen LogP contribution >= 0.6 is 23.2 Å². The van der Waals surface area contributed by atoms with Crippen molar-refractivity contribution in [2.45, 2.75) is 32.0 Å². The lowest BCUT2D eigenvalue weighted by Crippen LogP contribution is -2.48. The molecule has 1 saturated heterocycles. The van der Waals surface area contributed by atoms with Crippen LogP contribution in [-0.2, 0) is 0 Å². The number of benzene rings is 2. The summed E-state index contributed by atoms with van der Waals surface area (Å²) in [5.41, 5.74) is 2.29. The van der Waals surface area contributed by atoms with Crippen LogP contribution in [0, 0.1) is 11.8 Å². The van der Waals surface area contributed by atoms with Gasteiger partial charge in [0.05, 0.1) is 6.10 Å². The largest absolute Gasteiger partial charge is 0.392 e. The van der Waals surface area contributed by atoms with Crippen molar-refractivity contribution in [1.29, 1.82) is 0 Å². The first-order valence-corrected chi connectivity index (χ1v) is 8.68. The molecule has 0 aliphatic carbocycles. The highest BCUT2D eigenvalue weighted by Crippen LogP contribution is 2.40. The molecule has 0 spiro atoms. The molecule has 5 atom stereocenters. The van der Waals surface area contributed by atoms with Gasteiger partial charge in [-0.1, -0.05) is 61.3 Å². The topological polar surface area (TPSA) is 32.3 Å². The monoisotopic (exact) mass is 349 g/mol. The summed E-state index contributed by atoms with van der Waals surface area (Å²) in [6, 6.07) is 15.9. The van der Waals surface area contributed by atoms with Crippen molar-refractivity contribution in [2.24, 2.45) is 11.8 Å². The molecule has 2 nitrogen and oxygen atoms in total. The maximum absolute atomic E-state index is 10.7. The first-order chi connectivity index (χ1) is 11.0. The molecule has 1 unspecified atom stereocenters. The standard InChI is InChI=1S/C19H21Cl2NO/c1-11-17(13-3-7-15(20)8-4-13)22-18(12(2)19(11)23)14-5-9-16(21)10-6-14/h3-12,17-19,22-23H,1-2H3/t11-,12-,17-,18+,19?/m0/s1. The van der Waals surface area contributed by atoms with Crippen LogP contribution in [0.5, 0.6) is 0 Å². The molecule has 2 aromatic carbocycles. The third kappa shape index (κ3) is 3.41. The van der Waals surface area contributed by atoms with E-state index >= 15 is 0 Å². The van der Waals surface area contributed by atoms with E-state index in [1.54, 1.807) is 0 Å². The minimum atomic E-state index is -0.377. The molecule has 1 aliphatic rings. The summed E-state index contributed by atoms with van der Waals surface area (Å²) >= 11 is 12.0. The summed E-state index contributed by atoms with van der Waals surface area (Å²) in [4.78, 5) is 0. The predicted octanol–water partition coefficient (Wildman–Crippen LogP) is 5.01. The molecule has 4 heteroatoms. The van der Waals surface area contributed by atoms with Gasteiger partial charge in [0.25, 0.3) is 0 Å². The van der Waals surface area contributed by atoms with Crippen molar-refractivity contribution < 1.29 is 5.11 Å². The second-order valence-corrected chi connectivity index (χ2v) is 7.31. The van der Waals surface area contributed by atoms with E-state index in [1.807, 2.05) is 48.5 Å². The second-order valence-electron chi connectivity index (χ2n) is 6.43. The van der Waals surface area contributed by atoms with E-state index in [0.717, 1.165) is 21.2 Å². The number of hydrogen-bond acceptors (Lipinski definition) is 2. The van der Waals surface area contributed by atoms with Gasteiger partial charge >= 0.3 is 0 Å². The molecule has 122 valence electrons. The number of aliphatic hydroxyl groups excluding tert-OH is 1. The Morgan fingerprint density at radius 1 is 0.739 bits per heavy atom. The van der Waals surface area contributed by atoms with E-state index in [0.29, 0.717) is 0 Å². The summed E-state index contributed by atoms with van der Waals surface area (Å²) in [6.45, 7) is 4.18. The van der Waals surface area contributed by atoms with Crippen LogP contribution in [0.3, 0.4) is 0 Å². The SMILES string of the molecule is C[C@@H]1C(O)[C@@H](C)[C@H](c2ccc(Cl)cc2)N[C@@H]1c1ccc(Cl)cc1. The minimum absolute atomic E-state index is 0.0825. The molecule has 0 bridgehead atoms. The first-order valence-electron chi connectivity index (χ1n) is 7.92. The molecule has 1 heterocycles. The Balaban J connectivity index is 1.92. The van der Waals surface area contributed by atoms with Gasteiger partial charge < -0.3 is 10.4 Å². The molecule has 23 heavy (non-hydrogen) atoms. The molecule has 1 fully saturated rings. The summed E-state index contributed by atoms with van der Waals surface area (Å²) in [5.74, 6) is 0.240. The maximum atomic E-state index is 10.7. The zero-order valence-electron chi connectivity index (χ0n) is 13.2. The zero-order chi connectivity index (χ0) is 16.6. The van der Waals surface area contributed by atoms with Crippen molar-refractivity contribution in [3.63, 3.8) is 0 Å². The minimum Gasteiger partial charge on any atom is -0.392 e. The Kier molecular flexibility index (Phi) is 4.98. The number of hydrogen-bond donors (Lipinski definition) is 2. The molecular weight excluding hydrogens is 329 g/mol. The molecule has 0 radical (unpaired) electrons. The van der Waals surface area contributed by atoms with Crippen molar-refractivity contribution in [2.75, 3.05) is 0 Å². The third-order valence-electron chi connectivity index (χ3n) is 4.95. The number of piperidine rings is 1. The van der Waals surface area contributed by atoms with E-state index in [1.165, 1.54) is 0 Å². The fraction of sp³-hybridized carbons (Fsp3) is 0.368. The van der Waals surface area contributed by atoms with E-state index in [9.17, 15) is 5.11 Å². The van der Waals surface area contributed by atoms with Crippen LogP contribution in [0.15, 0.2) is 48.5 Å². The van der Waals surface area contributed by atoms with Crippen LogP contribution in [0.4, 0.5) is 0 Å². The van der Waals surface area contributed by atoms with Crippen LogP contribution in [0.1, 0.15) is 37.1 Å². The van der Waals surface area contributed by atoms with Crippen molar-refractivity contribution in [3.8, 4) is 0 Å². The first kappa shape index (κ1) is 16.8. The number of nitrogens with one attached hydrogen (secondary N) is 1. The predicted molar refractivity (Wildman–Crippen MR) is 95.9 cm³/mol.